The molecular weight excluding hydrogens is 226 g/mol. The van der Waals surface area contributed by atoms with Gasteiger partial charge in [0.1, 0.15) is 0 Å². The Kier molecular flexibility index (Phi) is 1.87. The summed E-state index contributed by atoms with van der Waals surface area (Å²) in [4.78, 5) is 12.4. The Morgan fingerprint density at radius 1 is 1.11 bits per heavy atom. The van der Waals surface area contributed by atoms with E-state index in [9.17, 15) is 4.79 Å². The summed E-state index contributed by atoms with van der Waals surface area (Å²) in [5, 5.41) is 6.23. The lowest BCUT2D eigenvalue weighted by molar-refractivity contribution is 0.717. The number of nitrogens with zero attached hydrogens (tertiary/aromatic N) is 3. The molecule has 0 atom stereocenters. The smallest absolute Gasteiger partial charge is 0.276 e. The van der Waals surface area contributed by atoms with E-state index in [0.717, 1.165) is 10.8 Å². The second-order valence-corrected chi connectivity index (χ2v) is 5.74. The third-order valence-electron chi connectivity index (χ3n) is 4.32. The minimum Gasteiger partial charge on any atom is -0.350 e. The summed E-state index contributed by atoms with van der Waals surface area (Å²) in [6.45, 7) is 0. The zero-order valence-corrected chi connectivity index (χ0v) is 10.8. The largest absolute Gasteiger partial charge is 0.350 e. The van der Waals surface area contributed by atoms with E-state index in [1.54, 1.807) is 7.05 Å². The van der Waals surface area contributed by atoms with Crippen LogP contribution in [0.25, 0.3) is 10.8 Å². The molecule has 0 N–H and O–H groups in total. The van der Waals surface area contributed by atoms with Gasteiger partial charge in [0.25, 0.3) is 5.56 Å². The van der Waals surface area contributed by atoms with E-state index >= 15 is 0 Å². The molecule has 0 bridgehead atoms. The number of fused-ring (bicyclic) bond motifs is 1. The molecule has 2 fully saturated rings. The van der Waals surface area contributed by atoms with Crippen LogP contribution in [0.4, 0.5) is 0 Å². The first-order valence-corrected chi connectivity index (χ1v) is 6.73. The molecule has 4 heteroatoms. The number of hydrogen-bond acceptors (Lipinski definition) is 2. The number of aromatic nitrogens is 3. The highest BCUT2D eigenvalue weighted by molar-refractivity contribution is 5.88. The van der Waals surface area contributed by atoms with Gasteiger partial charge in [-0.2, -0.15) is 5.10 Å². The minimum absolute atomic E-state index is 0.0666. The van der Waals surface area contributed by atoms with Crippen LogP contribution in [0.1, 0.15) is 48.9 Å². The molecule has 4 rings (SSSR count). The van der Waals surface area contributed by atoms with Crippen molar-refractivity contribution >= 4 is 10.8 Å². The average Bonchev–Trinajstić information content (AvgIpc) is 3.21. The van der Waals surface area contributed by atoms with Crippen molar-refractivity contribution in [3.05, 3.63) is 27.9 Å². The zero-order valence-electron chi connectivity index (χ0n) is 10.8. The average molecular weight is 243 g/mol. The van der Waals surface area contributed by atoms with E-state index in [1.165, 1.54) is 41.8 Å². The maximum Gasteiger partial charge on any atom is 0.276 e. The fourth-order valence-electron chi connectivity index (χ4n) is 3.14. The number of rotatable bonds is 2. The van der Waals surface area contributed by atoms with E-state index < -0.39 is 0 Å². The van der Waals surface area contributed by atoms with Gasteiger partial charge in [0.15, 0.2) is 0 Å². The summed E-state index contributed by atoms with van der Waals surface area (Å²) < 4.78 is 3.76. The molecule has 2 saturated carbocycles. The number of aryl methyl sites for hydroxylation is 1. The lowest BCUT2D eigenvalue weighted by atomic mass is 10.1. The molecule has 2 heterocycles. The Hall–Kier alpha value is -1.58. The monoisotopic (exact) mass is 243 g/mol. The van der Waals surface area contributed by atoms with Crippen molar-refractivity contribution in [2.45, 2.75) is 37.5 Å². The topological polar surface area (TPSA) is 39.8 Å². The quantitative estimate of drug-likeness (QED) is 0.809. The fraction of sp³-hybridized carbons (Fsp3) is 0.571. The third kappa shape index (κ3) is 1.26. The summed E-state index contributed by atoms with van der Waals surface area (Å²) in [5.74, 6) is 1.25. The minimum atomic E-state index is 0.0666. The normalized spacial score (nSPS) is 19.7. The van der Waals surface area contributed by atoms with E-state index in [4.69, 9.17) is 0 Å². The summed E-state index contributed by atoms with van der Waals surface area (Å²) in [6.07, 6.45) is 6.85. The maximum atomic E-state index is 12.4. The Morgan fingerprint density at radius 2 is 1.72 bits per heavy atom. The van der Waals surface area contributed by atoms with Crippen molar-refractivity contribution in [1.29, 1.82) is 0 Å². The molecule has 2 aliphatic rings. The molecule has 18 heavy (non-hydrogen) atoms. The lowest BCUT2D eigenvalue weighted by Crippen LogP contribution is -2.19. The first-order valence-electron chi connectivity index (χ1n) is 6.73. The van der Waals surface area contributed by atoms with Gasteiger partial charge in [0, 0.05) is 36.8 Å². The second-order valence-electron chi connectivity index (χ2n) is 5.74. The Labute approximate surface area is 105 Å². The molecular formula is C14H17N3O. The van der Waals surface area contributed by atoms with Crippen molar-refractivity contribution < 1.29 is 0 Å². The molecule has 4 nitrogen and oxygen atoms in total. The molecule has 0 aromatic carbocycles. The van der Waals surface area contributed by atoms with E-state index in [0.29, 0.717) is 11.8 Å². The van der Waals surface area contributed by atoms with Crippen LogP contribution in [0.15, 0.2) is 11.0 Å². The van der Waals surface area contributed by atoms with Crippen LogP contribution in [0.3, 0.4) is 0 Å². The molecule has 0 radical (unpaired) electrons. The van der Waals surface area contributed by atoms with Gasteiger partial charge in [-0.15, -0.1) is 0 Å². The van der Waals surface area contributed by atoms with E-state index in [2.05, 4.69) is 16.7 Å². The Balaban J connectivity index is 2.15. The highest BCUT2D eigenvalue weighted by Gasteiger charge is 2.36. The van der Waals surface area contributed by atoms with Crippen molar-refractivity contribution in [2.24, 2.45) is 14.1 Å². The summed E-state index contributed by atoms with van der Waals surface area (Å²) in [5.41, 5.74) is 2.67. The van der Waals surface area contributed by atoms with Crippen LogP contribution in [0, 0.1) is 0 Å². The zero-order chi connectivity index (χ0) is 12.4. The highest BCUT2D eigenvalue weighted by Crippen LogP contribution is 2.49. The summed E-state index contributed by atoms with van der Waals surface area (Å²) in [7, 11) is 3.86. The van der Waals surface area contributed by atoms with Gasteiger partial charge in [-0.25, -0.2) is 4.68 Å². The lowest BCUT2D eigenvalue weighted by Gasteiger charge is -2.05. The first-order chi connectivity index (χ1) is 8.68. The fourth-order valence-corrected chi connectivity index (χ4v) is 3.14. The van der Waals surface area contributed by atoms with Crippen LogP contribution in [0.2, 0.25) is 0 Å². The Bertz CT molecular complexity index is 702. The van der Waals surface area contributed by atoms with Gasteiger partial charge in [0.05, 0.1) is 11.6 Å². The van der Waals surface area contributed by atoms with Crippen LogP contribution in [0.5, 0.6) is 0 Å². The van der Waals surface area contributed by atoms with Crippen molar-refractivity contribution in [1.82, 2.24) is 14.3 Å². The SMILES string of the molecule is Cn1c(C2CC2)c2cnn(C)c(=O)c2c1C1CC1. The van der Waals surface area contributed by atoms with Gasteiger partial charge < -0.3 is 4.57 Å². The van der Waals surface area contributed by atoms with Crippen LogP contribution in [-0.4, -0.2) is 14.3 Å². The molecule has 0 aliphatic heterocycles. The maximum absolute atomic E-state index is 12.4. The number of hydrogen-bond donors (Lipinski definition) is 0. The third-order valence-corrected chi connectivity index (χ3v) is 4.32. The van der Waals surface area contributed by atoms with Crippen LogP contribution < -0.4 is 5.56 Å². The van der Waals surface area contributed by atoms with Crippen LogP contribution in [-0.2, 0) is 14.1 Å². The summed E-state index contributed by atoms with van der Waals surface area (Å²) >= 11 is 0. The van der Waals surface area contributed by atoms with Crippen molar-refractivity contribution in [2.75, 3.05) is 0 Å². The molecule has 0 unspecified atom stereocenters. The highest BCUT2D eigenvalue weighted by atomic mass is 16.1. The molecule has 2 aromatic rings. The standard InChI is InChI=1S/C14H17N3O/c1-16-12(8-3-4-8)10-7-15-17(2)14(18)11(10)13(16)9-5-6-9/h7-9H,3-6H2,1-2H3. The van der Waals surface area contributed by atoms with Gasteiger partial charge in [-0.1, -0.05) is 0 Å². The molecule has 0 amide bonds. The molecule has 2 aliphatic carbocycles. The molecule has 94 valence electrons. The Morgan fingerprint density at radius 3 is 2.33 bits per heavy atom. The van der Waals surface area contributed by atoms with Crippen LogP contribution >= 0.6 is 0 Å². The van der Waals surface area contributed by atoms with Gasteiger partial charge in [-0.3, -0.25) is 4.79 Å². The molecule has 2 aromatic heterocycles. The van der Waals surface area contributed by atoms with Crippen molar-refractivity contribution in [3.63, 3.8) is 0 Å². The van der Waals surface area contributed by atoms with E-state index in [1.807, 2.05) is 6.20 Å². The van der Waals surface area contributed by atoms with Gasteiger partial charge >= 0.3 is 0 Å². The summed E-state index contributed by atoms with van der Waals surface area (Å²) in [6, 6.07) is 0. The van der Waals surface area contributed by atoms with E-state index in [-0.39, 0.29) is 5.56 Å². The molecule has 0 saturated heterocycles. The molecule has 0 spiro atoms. The van der Waals surface area contributed by atoms with Gasteiger partial charge in [0.2, 0.25) is 0 Å². The second kappa shape index (κ2) is 3.25. The van der Waals surface area contributed by atoms with Crippen molar-refractivity contribution in [3.8, 4) is 0 Å². The predicted molar refractivity (Wildman–Crippen MR) is 69.9 cm³/mol. The van der Waals surface area contributed by atoms with Gasteiger partial charge in [-0.05, 0) is 31.6 Å². The predicted octanol–water partition coefficient (Wildman–Crippen LogP) is 2.03. The first kappa shape index (κ1) is 10.4.